The van der Waals surface area contributed by atoms with Crippen molar-refractivity contribution in [2.24, 2.45) is 5.84 Å². The van der Waals surface area contributed by atoms with Gasteiger partial charge in [-0.05, 0) is 37.0 Å². The highest BCUT2D eigenvalue weighted by Crippen LogP contribution is 2.26. The fourth-order valence-corrected chi connectivity index (χ4v) is 2.51. The lowest BCUT2D eigenvalue weighted by Gasteiger charge is -2.19. The van der Waals surface area contributed by atoms with Gasteiger partial charge in [0.25, 0.3) is 0 Å². The lowest BCUT2D eigenvalue weighted by Crippen LogP contribution is -2.29. The van der Waals surface area contributed by atoms with Crippen LogP contribution >= 0.6 is 0 Å². The summed E-state index contributed by atoms with van der Waals surface area (Å²) in [7, 11) is 0. The van der Waals surface area contributed by atoms with E-state index in [0.29, 0.717) is 0 Å². The first kappa shape index (κ1) is 13.8. The molecule has 1 atom stereocenters. The van der Waals surface area contributed by atoms with Crippen LogP contribution in [0.2, 0.25) is 0 Å². The van der Waals surface area contributed by atoms with E-state index < -0.39 is 0 Å². The van der Waals surface area contributed by atoms with Crippen LogP contribution in [0.3, 0.4) is 0 Å². The van der Waals surface area contributed by atoms with Crippen molar-refractivity contribution in [2.75, 3.05) is 0 Å². The van der Waals surface area contributed by atoms with Crippen molar-refractivity contribution in [1.29, 1.82) is 0 Å². The first-order valence-electron chi connectivity index (χ1n) is 6.72. The third-order valence-corrected chi connectivity index (χ3v) is 3.44. The van der Waals surface area contributed by atoms with Crippen LogP contribution < -0.4 is 11.3 Å². The second kappa shape index (κ2) is 5.99. The molecule has 0 radical (unpaired) electrons. The van der Waals surface area contributed by atoms with Gasteiger partial charge in [0.15, 0.2) is 0 Å². The Morgan fingerprint density at radius 2 is 2.00 bits per heavy atom. The van der Waals surface area contributed by atoms with Crippen molar-refractivity contribution in [1.82, 2.24) is 15.2 Å². The highest BCUT2D eigenvalue weighted by Gasteiger charge is 2.18. The van der Waals surface area contributed by atoms with Gasteiger partial charge < -0.3 is 0 Å². The van der Waals surface area contributed by atoms with Crippen LogP contribution in [0.4, 0.5) is 0 Å². The Hall–Kier alpha value is -1.65. The van der Waals surface area contributed by atoms with Crippen LogP contribution in [0.5, 0.6) is 0 Å². The van der Waals surface area contributed by atoms with E-state index in [2.05, 4.69) is 55.7 Å². The molecule has 0 aliphatic carbocycles. The van der Waals surface area contributed by atoms with Crippen LogP contribution in [0.1, 0.15) is 41.6 Å². The average molecular weight is 258 g/mol. The van der Waals surface area contributed by atoms with Crippen molar-refractivity contribution in [3.8, 4) is 0 Å². The minimum Gasteiger partial charge on any atom is -0.272 e. The summed E-state index contributed by atoms with van der Waals surface area (Å²) in [4.78, 5) is 0. The number of aryl methyl sites for hydroxylation is 3. The monoisotopic (exact) mass is 258 g/mol. The van der Waals surface area contributed by atoms with Crippen molar-refractivity contribution in [3.05, 3.63) is 52.8 Å². The molecule has 0 aliphatic rings. The zero-order valence-corrected chi connectivity index (χ0v) is 11.9. The Kier molecular flexibility index (Phi) is 4.35. The topological polar surface area (TPSA) is 55.9 Å². The minimum absolute atomic E-state index is 0.00759. The van der Waals surface area contributed by atoms with E-state index in [-0.39, 0.29) is 6.04 Å². The number of nitrogens with zero attached hydrogens (tertiary/aromatic N) is 2. The normalized spacial score (nSPS) is 12.6. The largest absolute Gasteiger partial charge is 0.272 e. The Morgan fingerprint density at radius 1 is 1.32 bits per heavy atom. The van der Waals surface area contributed by atoms with Crippen LogP contribution in [-0.4, -0.2) is 9.78 Å². The molecule has 0 amide bonds. The summed E-state index contributed by atoms with van der Waals surface area (Å²) < 4.78 is 1.97. The second-order valence-corrected chi connectivity index (χ2v) is 4.94. The first-order chi connectivity index (χ1) is 9.17. The molecule has 3 N–H and O–H groups in total. The molecular weight excluding hydrogens is 236 g/mol. The Balaban J connectivity index is 2.38. The summed E-state index contributed by atoms with van der Waals surface area (Å²) in [5.41, 5.74) is 7.74. The Bertz CT molecular complexity index is 525. The highest BCUT2D eigenvalue weighted by molar-refractivity contribution is 5.40. The summed E-state index contributed by atoms with van der Waals surface area (Å²) in [6.07, 6.45) is 5.04. The number of nitrogens with one attached hydrogen (secondary N) is 1. The van der Waals surface area contributed by atoms with E-state index in [9.17, 15) is 0 Å². The standard InChI is InChI=1S/C15H22N4/c1-4-8-19-10-13(9-17-19)15(18-16)14-11(2)6-5-7-12(14)3/h5-7,9-10,15,18H,4,8,16H2,1-3H3. The zero-order valence-electron chi connectivity index (χ0n) is 11.9. The lowest BCUT2D eigenvalue weighted by molar-refractivity contribution is 0.597. The fourth-order valence-electron chi connectivity index (χ4n) is 2.51. The summed E-state index contributed by atoms with van der Waals surface area (Å²) in [5, 5.41) is 4.38. The fraction of sp³-hybridized carbons (Fsp3) is 0.400. The third-order valence-electron chi connectivity index (χ3n) is 3.44. The van der Waals surface area contributed by atoms with Gasteiger partial charge in [-0.3, -0.25) is 10.5 Å². The third kappa shape index (κ3) is 2.85. The number of hydrogen-bond donors (Lipinski definition) is 2. The minimum atomic E-state index is -0.00759. The average Bonchev–Trinajstić information content (AvgIpc) is 2.83. The number of hydrogen-bond acceptors (Lipinski definition) is 3. The summed E-state index contributed by atoms with van der Waals surface area (Å²) >= 11 is 0. The lowest BCUT2D eigenvalue weighted by atomic mass is 9.93. The maximum Gasteiger partial charge on any atom is 0.0745 e. The smallest absolute Gasteiger partial charge is 0.0745 e. The van der Waals surface area contributed by atoms with E-state index >= 15 is 0 Å². The number of nitrogens with two attached hydrogens (primary N) is 1. The van der Waals surface area contributed by atoms with Crippen LogP contribution in [0.25, 0.3) is 0 Å². The quantitative estimate of drug-likeness (QED) is 0.640. The van der Waals surface area contributed by atoms with Gasteiger partial charge in [-0.15, -0.1) is 0 Å². The van der Waals surface area contributed by atoms with E-state index in [1.165, 1.54) is 16.7 Å². The SMILES string of the molecule is CCCn1cc(C(NN)c2c(C)cccc2C)cn1. The molecule has 1 aromatic heterocycles. The molecule has 2 rings (SSSR count). The number of benzene rings is 1. The molecule has 0 spiro atoms. The molecule has 0 fully saturated rings. The second-order valence-electron chi connectivity index (χ2n) is 4.94. The van der Waals surface area contributed by atoms with Gasteiger partial charge in [0.05, 0.1) is 12.2 Å². The van der Waals surface area contributed by atoms with Crippen LogP contribution in [0.15, 0.2) is 30.6 Å². The van der Waals surface area contributed by atoms with Crippen molar-refractivity contribution < 1.29 is 0 Å². The van der Waals surface area contributed by atoms with Gasteiger partial charge >= 0.3 is 0 Å². The molecule has 1 unspecified atom stereocenters. The van der Waals surface area contributed by atoms with Gasteiger partial charge in [-0.25, -0.2) is 5.43 Å². The van der Waals surface area contributed by atoms with E-state index in [0.717, 1.165) is 18.5 Å². The van der Waals surface area contributed by atoms with Gasteiger partial charge in [0.2, 0.25) is 0 Å². The molecule has 19 heavy (non-hydrogen) atoms. The van der Waals surface area contributed by atoms with Gasteiger partial charge in [-0.2, -0.15) is 5.10 Å². The maximum atomic E-state index is 5.77. The molecule has 2 aromatic rings. The number of aromatic nitrogens is 2. The van der Waals surface area contributed by atoms with Crippen molar-refractivity contribution in [2.45, 2.75) is 39.8 Å². The molecule has 4 heteroatoms. The summed E-state index contributed by atoms with van der Waals surface area (Å²) in [6.45, 7) is 7.31. The van der Waals surface area contributed by atoms with Crippen molar-refractivity contribution >= 4 is 0 Å². The molecule has 0 saturated heterocycles. The van der Waals surface area contributed by atoms with E-state index in [4.69, 9.17) is 5.84 Å². The highest BCUT2D eigenvalue weighted by atomic mass is 15.3. The molecular formula is C15H22N4. The van der Waals surface area contributed by atoms with E-state index in [1.807, 2.05) is 10.9 Å². The molecule has 0 aliphatic heterocycles. The molecule has 102 valence electrons. The molecule has 4 nitrogen and oxygen atoms in total. The maximum absolute atomic E-state index is 5.77. The van der Waals surface area contributed by atoms with E-state index in [1.54, 1.807) is 0 Å². The van der Waals surface area contributed by atoms with Gasteiger partial charge in [-0.1, -0.05) is 25.1 Å². The molecule has 1 heterocycles. The van der Waals surface area contributed by atoms with Gasteiger partial charge in [0, 0.05) is 18.3 Å². The van der Waals surface area contributed by atoms with Gasteiger partial charge in [0.1, 0.15) is 0 Å². The number of rotatable bonds is 5. The predicted octanol–water partition coefficient (Wildman–Crippen LogP) is 2.46. The number of hydrazine groups is 1. The summed E-state index contributed by atoms with van der Waals surface area (Å²) in [6, 6.07) is 6.29. The van der Waals surface area contributed by atoms with Crippen LogP contribution in [0, 0.1) is 13.8 Å². The van der Waals surface area contributed by atoms with Crippen molar-refractivity contribution in [3.63, 3.8) is 0 Å². The predicted molar refractivity (Wildman–Crippen MR) is 77.6 cm³/mol. The van der Waals surface area contributed by atoms with Crippen LogP contribution in [-0.2, 0) is 6.54 Å². The Labute approximate surface area is 114 Å². The molecule has 0 bridgehead atoms. The summed E-state index contributed by atoms with van der Waals surface area (Å²) in [5.74, 6) is 5.77. The molecule has 0 saturated carbocycles. The Morgan fingerprint density at radius 3 is 2.58 bits per heavy atom. The first-order valence-corrected chi connectivity index (χ1v) is 6.72. The molecule has 1 aromatic carbocycles. The zero-order chi connectivity index (χ0) is 13.8.